The first-order valence-corrected chi connectivity index (χ1v) is 14.2. The van der Waals surface area contributed by atoms with Crippen molar-refractivity contribution in [2.45, 2.75) is 0 Å². The molecule has 3 heterocycles. The number of benzene rings is 5. The zero-order valence-corrected chi connectivity index (χ0v) is 23.4. The van der Waals surface area contributed by atoms with E-state index in [2.05, 4.69) is 9.97 Å². The minimum absolute atomic E-state index is 0.570. The molecular formula is C37H23N7. The summed E-state index contributed by atoms with van der Waals surface area (Å²) in [6.45, 7) is 0. The molecule has 3 aromatic heterocycles. The summed E-state index contributed by atoms with van der Waals surface area (Å²) < 4.78 is 0. The molecule has 8 rings (SSSR count). The van der Waals surface area contributed by atoms with Crippen molar-refractivity contribution >= 4 is 22.1 Å². The number of rotatable bonds is 5. The van der Waals surface area contributed by atoms with Gasteiger partial charge in [0.15, 0.2) is 17.5 Å². The fourth-order valence-electron chi connectivity index (χ4n) is 5.18. The molecule has 0 unspecified atom stereocenters. The first-order chi connectivity index (χ1) is 21.8. The lowest BCUT2D eigenvalue weighted by Gasteiger charge is -2.10. The molecule has 0 amide bonds. The topological polar surface area (TPSA) is 90.2 Å². The molecule has 0 atom stereocenters. The molecule has 0 aliphatic heterocycles. The fraction of sp³-hybridized carbons (Fsp3) is 0. The molecular weight excluding hydrogens is 542 g/mol. The summed E-state index contributed by atoms with van der Waals surface area (Å²) in [5.41, 5.74) is 9.47. The molecule has 206 valence electrons. The average Bonchev–Trinajstić information content (AvgIpc) is 3.11. The SMILES string of the molecule is c1ccc(-c2nc(-c3cccc(-c4cnc5ccccc5n4)c3)nc(-c3cccc(-c4cnc5ccccc5n4)c3)n2)cc1. The van der Waals surface area contributed by atoms with Gasteiger partial charge in [-0.25, -0.2) is 24.9 Å². The van der Waals surface area contributed by atoms with Gasteiger partial charge < -0.3 is 0 Å². The van der Waals surface area contributed by atoms with Crippen LogP contribution in [0, 0.1) is 0 Å². The Labute approximate surface area is 253 Å². The Morgan fingerprint density at radius 1 is 0.295 bits per heavy atom. The van der Waals surface area contributed by atoms with Crippen molar-refractivity contribution in [2.24, 2.45) is 0 Å². The Kier molecular flexibility index (Phi) is 6.31. The molecule has 0 N–H and O–H groups in total. The highest BCUT2D eigenvalue weighted by Gasteiger charge is 2.14. The summed E-state index contributed by atoms with van der Waals surface area (Å²) >= 11 is 0. The molecule has 0 saturated carbocycles. The smallest absolute Gasteiger partial charge is 0.164 e. The van der Waals surface area contributed by atoms with E-state index < -0.39 is 0 Å². The third-order valence-corrected chi connectivity index (χ3v) is 7.40. The normalized spacial score (nSPS) is 11.2. The van der Waals surface area contributed by atoms with E-state index in [1.807, 2.05) is 127 Å². The zero-order valence-electron chi connectivity index (χ0n) is 23.4. The first-order valence-electron chi connectivity index (χ1n) is 14.2. The lowest BCUT2D eigenvalue weighted by molar-refractivity contribution is 1.07. The molecule has 0 bridgehead atoms. The van der Waals surface area contributed by atoms with E-state index in [0.29, 0.717) is 17.5 Å². The van der Waals surface area contributed by atoms with Crippen molar-refractivity contribution in [1.29, 1.82) is 0 Å². The van der Waals surface area contributed by atoms with Gasteiger partial charge in [-0.05, 0) is 36.4 Å². The Morgan fingerprint density at radius 3 is 1.18 bits per heavy atom. The highest BCUT2D eigenvalue weighted by Crippen LogP contribution is 2.29. The number of aromatic nitrogens is 7. The Morgan fingerprint density at radius 2 is 0.682 bits per heavy atom. The second-order valence-corrected chi connectivity index (χ2v) is 10.3. The molecule has 8 aromatic rings. The van der Waals surface area contributed by atoms with Crippen LogP contribution in [0.4, 0.5) is 0 Å². The molecule has 0 saturated heterocycles. The van der Waals surface area contributed by atoms with Crippen molar-refractivity contribution in [3.63, 3.8) is 0 Å². The van der Waals surface area contributed by atoms with Gasteiger partial charge in [-0.1, -0.05) is 91.0 Å². The largest absolute Gasteiger partial charge is 0.252 e. The van der Waals surface area contributed by atoms with Gasteiger partial charge in [0.2, 0.25) is 0 Å². The summed E-state index contributed by atoms with van der Waals surface area (Å²) in [5.74, 6) is 1.73. The number of nitrogens with zero attached hydrogens (tertiary/aromatic N) is 7. The maximum absolute atomic E-state index is 4.97. The maximum atomic E-state index is 4.97. The van der Waals surface area contributed by atoms with E-state index in [-0.39, 0.29) is 0 Å². The fourth-order valence-corrected chi connectivity index (χ4v) is 5.18. The van der Waals surface area contributed by atoms with Crippen molar-refractivity contribution in [1.82, 2.24) is 34.9 Å². The summed E-state index contributed by atoms with van der Waals surface area (Å²) in [7, 11) is 0. The molecule has 0 aliphatic carbocycles. The summed E-state index contributed by atoms with van der Waals surface area (Å²) in [5, 5.41) is 0. The van der Waals surface area contributed by atoms with Gasteiger partial charge >= 0.3 is 0 Å². The molecule has 7 nitrogen and oxygen atoms in total. The first kappa shape index (κ1) is 25.5. The van der Waals surface area contributed by atoms with Gasteiger partial charge in [-0.3, -0.25) is 9.97 Å². The van der Waals surface area contributed by atoms with Crippen LogP contribution in [-0.2, 0) is 0 Å². The van der Waals surface area contributed by atoms with E-state index in [0.717, 1.165) is 61.3 Å². The highest BCUT2D eigenvalue weighted by atomic mass is 15.0. The van der Waals surface area contributed by atoms with Crippen LogP contribution in [0.15, 0.2) is 140 Å². The molecule has 0 aliphatic rings. The molecule has 0 fully saturated rings. The summed E-state index contributed by atoms with van der Waals surface area (Å²) in [4.78, 5) is 33.7. The quantitative estimate of drug-likeness (QED) is 0.208. The van der Waals surface area contributed by atoms with E-state index in [4.69, 9.17) is 24.9 Å². The van der Waals surface area contributed by atoms with Gasteiger partial charge in [0, 0.05) is 27.8 Å². The van der Waals surface area contributed by atoms with Crippen LogP contribution < -0.4 is 0 Å². The predicted octanol–water partition coefficient (Wildman–Crippen LogP) is 8.09. The molecule has 5 aromatic carbocycles. The van der Waals surface area contributed by atoms with Crippen molar-refractivity contribution < 1.29 is 0 Å². The third-order valence-electron chi connectivity index (χ3n) is 7.40. The Hall–Kier alpha value is -6.21. The zero-order chi connectivity index (χ0) is 29.3. The lowest BCUT2D eigenvalue weighted by Crippen LogP contribution is -2.00. The van der Waals surface area contributed by atoms with Crippen molar-refractivity contribution in [3.05, 3.63) is 140 Å². The van der Waals surface area contributed by atoms with Crippen molar-refractivity contribution in [2.75, 3.05) is 0 Å². The Bertz CT molecular complexity index is 2160. The number of hydrogen-bond acceptors (Lipinski definition) is 7. The average molecular weight is 566 g/mol. The molecule has 7 heteroatoms. The van der Waals surface area contributed by atoms with Crippen LogP contribution in [-0.4, -0.2) is 34.9 Å². The van der Waals surface area contributed by atoms with Crippen LogP contribution in [0.2, 0.25) is 0 Å². The molecule has 0 radical (unpaired) electrons. The van der Waals surface area contributed by atoms with Crippen LogP contribution in [0.5, 0.6) is 0 Å². The monoisotopic (exact) mass is 565 g/mol. The van der Waals surface area contributed by atoms with Crippen LogP contribution >= 0.6 is 0 Å². The van der Waals surface area contributed by atoms with Gasteiger partial charge in [0.05, 0.1) is 45.8 Å². The predicted molar refractivity (Wildman–Crippen MR) is 173 cm³/mol. The standard InChI is InChI=1S/C37H23N7/c1-2-10-24(11-3-1)35-42-36(27-14-8-12-25(20-27)33-22-38-29-16-4-6-18-31(29)40-33)44-37(43-35)28-15-9-13-26(21-28)34-23-39-30-17-5-7-19-32(30)41-34/h1-23H. The number of para-hydroxylation sites is 4. The van der Waals surface area contributed by atoms with Crippen LogP contribution in [0.1, 0.15) is 0 Å². The van der Waals surface area contributed by atoms with E-state index in [9.17, 15) is 0 Å². The summed E-state index contributed by atoms with van der Waals surface area (Å²) in [6.07, 6.45) is 3.60. The number of hydrogen-bond donors (Lipinski definition) is 0. The van der Waals surface area contributed by atoms with E-state index in [1.165, 1.54) is 0 Å². The maximum Gasteiger partial charge on any atom is 0.164 e. The number of fused-ring (bicyclic) bond motifs is 2. The minimum Gasteiger partial charge on any atom is -0.252 e. The van der Waals surface area contributed by atoms with Crippen LogP contribution in [0.3, 0.4) is 0 Å². The third kappa shape index (κ3) is 4.92. The second kappa shape index (κ2) is 10.9. The highest BCUT2D eigenvalue weighted by molar-refractivity contribution is 5.79. The second-order valence-electron chi connectivity index (χ2n) is 10.3. The lowest BCUT2D eigenvalue weighted by atomic mass is 10.1. The Balaban J connectivity index is 1.24. The van der Waals surface area contributed by atoms with Gasteiger partial charge in [-0.2, -0.15) is 0 Å². The molecule has 0 spiro atoms. The van der Waals surface area contributed by atoms with E-state index >= 15 is 0 Å². The van der Waals surface area contributed by atoms with Gasteiger partial charge in [0.25, 0.3) is 0 Å². The van der Waals surface area contributed by atoms with Crippen LogP contribution in [0.25, 0.3) is 78.7 Å². The summed E-state index contributed by atoms with van der Waals surface area (Å²) in [6, 6.07) is 41.8. The molecule has 44 heavy (non-hydrogen) atoms. The van der Waals surface area contributed by atoms with Gasteiger partial charge in [0.1, 0.15) is 0 Å². The minimum atomic E-state index is 0.570. The van der Waals surface area contributed by atoms with Gasteiger partial charge in [-0.15, -0.1) is 0 Å². The van der Waals surface area contributed by atoms with Crippen molar-refractivity contribution in [3.8, 4) is 56.7 Å². The van der Waals surface area contributed by atoms with E-state index in [1.54, 1.807) is 12.4 Å².